The molecule has 0 spiro atoms. The summed E-state index contributed by atoms with van der Waals surface area (Å²) in [4.78, 5) is 11.4. The zero-order valence-electron chi connectivity index (χ0n) is 9.09. The maximum absolute atomic E-state index is 11.4. The van der Waals surface area contributed by atoms with Crippen LogP contribution in [0, 0.1) is 0 Å². The summed E-state index contributed by atoms with van der Waals surface area (Å²) in [6.45, 7) is 2.15. The van der Waals surface area contributed by atoms with Gasteiger partial charge in [0.2, 0.25) is 0 Å². The maximum atomic E-state index is 11.4. The van der Waals surface area contributed by atoms with Gasteiger partial charge in [0.1, 0.15) is 12.4 Å². The molecule has 0 aromatic heterocycles. The first-order chi connectivity index (χ1) is 7.74. The molecule has 0 unspecified atom stereocenters. The molecule has 0 atom stereocenters. The fourth-order valence-electron chi connectivity index (χ4n) is 1.05. The van der Waals surface area contributed by atoms with E-state index in [9.17, 15) is 4.79 Å². The summed E-state index contributed by atoms with van der Waals surface area (Å²) in [5, 5.41) is 9.04. The number of allylic oxidation sites excluding steroid dienone is 3. The lowest BCUT2D eigenvalue weighted by Gasteiger charge is -2.01. The topological polar surface area (TPSA) is 46.5 Å². The van der Waals surface area contributed by atoms with Gasteiger partial charge in [-0.3, -0.25) is 0 Å². The number of carbonyl (C=O) groups excluding carboxylic acids is 1. The van der Waals surface area contributed by atoms with E-state index < -0.39 is 5.97 Å². The van der Waals surface area contributed by atoms with Crippen LogP contribution in [-0.2, 0) is 4.74 Å². The number of esters is 1. The van der Waals surface area contributed by atoms with Gasteiger partial charge in [-0.25, -0.2) is 4.79 Å². The Kier molecular flexibility index (Phi) is 4.86. The van der Waals surface area contributed by atoms with Crippen molar-refractivity contribution in [1.29, 1.82) is 0 Å². The van der Waals surface area contributed by atoms with E-state index in [2.05, 4.69) is 0 Å². The van der Waals surface area contributed by atoms with Crippen LogP contribution in [0.2, 0.25) is 0 Å². The average Bonchev–Trinajstić information content (AvgIpc) is 2.29. The van der Waals surface area contributed by atoms with E-state index in [1.54, 1.807) is 6.08 Å². The van der Waals surface area contributed by atoms with Crippen molar-refractivity contribution in [3.63, 3.8) is 0 Å². The SMILES string of the molecule is C/C=C/C=C/COC(=O)c1ccc(O)cc1. The highest BCUT2D eigenvalue weighted by atomic mass is 16.5. The van der Waals surface area contributed by atoms with E-state index in [1.807, 2.05) is 25.2 Å². The van der Waals surface area contributed by atoms with Gasteiger partial charge in [0.15, 0.2) is 0 Å². The van der Waals surface area contributed by atoms with Crippen LogP contribution in [0.15, 0.2) is 48.6 Å². The molecule has 0 saturated heterocycles. The molecule has 1 aromatic carbocycles. The van der Waals surface area contributed by atoms with Crippen molar-refractivity contribution in [2.75, 3.05) is 6.61 Å². The number of ether oxygens (including phenoxy) is 1. The first-order valence-electron chi connectivity index (χ1n) is 4.98. The molecule has 0 amide bonds. The average molecular weight is 218 g/mol. The third kappa shape index (κ3) is 4.00. The van der Waals surface area contributed by atoms with Gasteiger partial charge in [-0.1, -0.05) is 18.2 Å². The van der Waals surface area contributed by atoms with E-state index in [0.717, 1.165) is 0 Å². The second-order valence-corrected chi connectivity index (χ2v) is 3.10. The van der Waals surface area contributed by atoms with Crippen molar-refractivity contribution in [1.82, 2.24) is 0 Å². The predicted molar refractivity (Wildman–Crippen MR) is 62.3 cm³/mol. The van der Waals surface area contributed by atoms with Gasteiger partial charge < -0.3 is 9.84 Å². The first kappa shape index (κ1) is 12.0. The molecule has 0 fully saturated rings. The molecule has 0 aliphatic carbocycles. The van der Waals surface area contributed by atoms with Gasteiger partial charge in [0, 0.05) is 0 Å². The van der Waals surface area contributed by atoms with Crippen molar-refractivity contribution in [2.24, 2.45) is 0 Å². The van der Waals surface area contributed by atoms with Gasteiger partial charge >= 0.3 is 5.97 Å². The molecule has 1 N–H and O–H groups in total. The summed E-state index contributed by atoms with van der Waals surface area (Å²) in [5.74, 6) is -0.269. The summed E-state index contributed by atoms with van der Waals surface area (Å²) >= 11 is 0. The Labute approximate surface area is 94.7 Å². The highest BCUT2D eigenvalue weighted by Crippen LogP contribution is 2.10. The Morgan fingerprint density at radius 2 is 2.00 bits per heavy atom. The second kappa shape index (κ2) is 6.45. The quantitative estimate of drug-likeness (QED) is 0.624. The zero-order chi connectivity index (χ0) is 11.8. The predicted octanol–water partition coefficient (Wildman–Crippen LogP) is 2.68. The van der Waals surface area contributed by atoms with Crippen LogP contribution < -0.4 is 0 Å². The fourth-order valence-corrected chi connectivity index (χ4v) is 1.05. The second-order valence-electron chi connectivity index (χ2n) is 3.10. The van der Waals surface area contributed by atoms with Crippen LogP contribution in [0.25, 0.3) is 0 Å². The summed E-state index contributed by atoms with van der Waals surface area (Å²) in [6.07, 6.45) is 7.30. The molecule has 0 radical (unpaired) electrons. The molecule has 0 heterocycles. The highest BCUT2D eigenvalue weighted by Gasteiger charge is 2.04. The Bertz CT molecular complexity index is 388. The summed E-state index contributed by atoms with van der Waals surface area (Å²) < 4.78 is 4.97. The van der Waals surface area contributed by atoms with Crippen LogP contribution in [0.3, 0.4) is 0 Å². The third-order valence-electron chi connectivity index (χ3n) is 1.85. The molecule has 84 valence electrons. The number of hydrogen-bond donors (Lipinski definition) is 1. The molecule has 0 bridgehead atoms. The minimum Gasteiger partial charge on any atom is -0.508 e. The molecule has 16 heavy (non-hydrogen) atoms. The first-order valence-corrected chi connectivity index (χ1v) is 4.98. The van der Waals surface area contributed by atoms with E-state index in [4.69, 9.17) is 9.84 Å². The lowest BCUT2D eigenvalue weighted by molar-refractivity contribution is 0.0549. The maximum Gasteiger partial charge on any atom is 0.338 e. The standard InChI is InChI=1S/C13H14O3/c1-2-3-4-5-10-16-13(15)11-6-8-12(14)9-7-11/h2-9,14H,10H2,1H3/b3-2+,5-4+. The molecule has 1 aromatic rings. The van der Waals surface area contributed by atoms with Gasteiger partial charge in [-0.15, -0.1) is 0 Å². The van der Waals surface area contributed by atoms with Gasteiger partial charge in [-0.05, 0) is 37.3 Å². The molecule has 3 nitrogen and oxygen atoms in total. The Balaban J connectivity index is 2.44. The van der Waals surface area contributed by atoms with Crippen molar-refractivity contribution >= 4 is 5.97 Å². The smallest absolute Gasteiger partial charge is 0.338 e. The van der Waals surface area contributed by atoms with E-state index in [-0.39, 0.29) is 12.4 Å². The van der Waals surface area contributed by atoms with E-state index >= 15 is 0 Å². The number of phenolic OH excluding ortho intramolecular Hbond substituents is 1. The Morgan fingerprint density at radius 3 is 2.62 bits per heavy atom. The minimum atomic E-state index is -0.398. The van der Waals surface area contributed by atoms with Crippen molar-refractivity contribution in [3.05, 3.63) is 54.1 Å². The van der Waals surface area contributed by atoms with Gasteiger partial charge in [0.05, 0.1) is 5.56 Å². The lowest BCUT2D eigenvalue weighted by Crippen LogP contribution is -2.04. The minimum absolute atomic E-state index is 0.129. The number of carbonyl (C=O) groups is 1. The van der Waals surface area contributed by atoms with Crippen LogP contribution in [0.4, 0.5) is 0 Å². The van der Waals surface area contributed by atoms with Crippen molar-refractivity contribution in [2.45, 2.75) is 6.92 Å². The van der Waals surface area contributed by atoms with Gasteiger partial charge in [0.25, 0.3) is 0 Å². The zero-order valence-corrected chi connectivity index (χ0v) is 9.09. The largest absolute Gasteiger partial charge is 0.508 e. The summed E-state index contributed by atoms with van der Waals surface area (Å²) in [5.41, 5.74) is 0.428. The number of benzene rings is 1. The molecule has 1 rings (SSSR count). The Hall–Kier alpha value is -2.03. The highest BCUT2D eigenvalue weighted by molar-refractivity contribution is 5.89. The monoisotopic (exact) mass is 218 g/mol. The van der Waals surface area contributed by atoms with Crippen LogP contribution >= 0.6 is 0 Å². The summed E-state index contributed by atoms with van der Waals surface area (Å²) in [7, 11) is 0. The lowest BCUT2D eigenvalue weighted by atomic mass is 10.2. The number of phenols is 1. The Morgan fingerprint density at radius 1 is 1.31 bits per heavy atom. The van der Waals surface area contributed by atoms with Gasteiger partial charge in [-0.2, -0.15) is 0 Å². The molecule has 0 saturated carbocycles. The molecule has 0 aliphatic heterocycles. The van der Waals surface area contributed by atoms with E-state index in [0.29, 0.717) is 5.56 Å². The van der Waals surface area contributed by atoms with E-state index in [1.165, 1.54) is 24.3 Å². The fraction of sp³-hybridized carbons (Fsp3) is 0.154. The molecular weight excluding hydrogens is 204 g/mol. The van der Waals surface area contributed by atoms with Crippen molar-refractivity contribution < 1.29 is 14.6 Å². The number of aromatic hydroxyl groups is 1. The number of rotatable bonds is 4. The van der Waals surface area contributed by atoms with Crippen LogP contribution in [-0.4, -0.2) is 17.7 Å². The third-order valence-corrected chi connectivity index (χ3v) is 1.85. The summed E-state index contributed by atoms with van der Waals surface area (Å²) in [6, 6.07) is 5.94. The molecule has 3 heteroatoms. The normalized spacial score (nSPS) is 11.1. The molecular formula is C13H14O3. The van der Waals surface area contributed by atoms with Crippen LogP contribution in [0.5, 0.6) is 5.75 Å². The number of hydrogen-bond acceptors (Lipinski definition) is 3. The van der Waals surface area contributed by atoms with Crippen molar-refractivity contribution in [3.8, 4) is 5.75 Å². The van der Waals surface area contributed by atoms with Crippen LogP contribution in [0.1, 0.15) is 17.3 Å². The molecule has 0 aliphatic rings.